The lowest BCUT2D eigenvalue weighted by Crippen LogP contribution is -1.90. The predicted molar refractivity (Wildman–Crippen MR) is 42.6 cm³/mol. The van der Waals surface area contributed by atoms with Gasteiger partial charge in [-0.2, -0.15) is 5.10 Å². The van der Waals surface area contributed by atoms with Crippen molar-refractivity contribution >= 4 is 5.70 Å². The van der Waals surface area contributed by atoms with Gasteiger partial charge < -0.3 is 0 Å². The highest BCUT2D eigenvalue weighted by molar-refractivity contribution is 5.36. The van der Waals surface area contributed by atoms with Crippen molar-refractivity contribution < 1.29 is 0 Å². The monoisotopic (exact) mass is 136 g/mol. The molecule has 1 aromatic rings. The fraction of sp³-hybridized carbons (Fsp3) is 0.375. The van der Waals surface area contributed by atoms with E-state index in [0.29, 0.717) is 0 Å². The van der Waals surface area contributed by atoms with Crippen LogP contribution in [0.4, 0.5) is 0 Å². The van der Waals surface area contributed by atoms with Crippen LogP contribution in [0.1, 0.15) is 19.4 Å². The summed E-state index contributed by atoms with van der Waals surface area (Å²) in [6.45, 7) is 7.82. The predicted octanol–water partition coefficient (Wildman–Crippen LogP) is 1.94. The fourth-order valence-electron chi connectivity index (χ4n) is 0.751. The van der Waals surface area contributed by atoms with Crippen LogP contribution in [0.5, 0.6) is 0 Å². The van der Waals surface area contributed by atoms with Crippen LogP contribution < -0.4 is 0 Å². The van der Waals surface area contributed by atoms with Gasteiger partial charge in [-0.15, -0.1) is 0 Å². The number of rotatable bonds is 2. The molecule has 0 aliphatic rings. The molecule has 1 heterocycles. The van der Waals surface area contributed by atoms with Crippen molar-refractivity contribution in [3.05, 3.63) is 24.5 Å². The van der Waals surface area contributed by atoms with Gasteiger partial charge in [-0.05, 0) is 18.9 Å². The Kier molecular flexibility index (Phi) is 1.90. The summed E-state index contributed by atoms with van der Waals surface area (Å²) >= 11 is 0. The van der Waals surface area contributed by atoms with Crippen LogP contribution in [-0.4, -0.2) is 9.78 Å². The molecule has 54 valence electrons. The standard InChI is InChI=1S/C8H12N2/c1-4-8-5-9-10(6-8)7(2)3/h5-6H,2,4H2,1,3H3. The average molecular weight is 136 g/mol. The molecule has 1 aromatic heterocycles. The van der Waals surface area contributed by atoms with E-state index in [4.69, 9.17) is 0 Å². The minimum absolute atomic E-state index is 0.958. The fourth-order valence-corrected chi connectivity index (χ4v) is 0.751. The van der Waals surface area contributed by atoms with Crippen molar-refractivity contribution in [3.8, 4) is 0 Å². The average Bonchev–Trinajstić information content (AvgIpc) is 2.34. The Balaban J connectivity index is 2.88. The van der Waals surface area contributed by atoms with E-state index in [2.05, 4.69) is 18.6 Å². The quantitative estimate of drug-likeness (QED) is 0.607. The minimum atomic E-state index is 0.958. The molecule has 0 radical (unpaired) electrons. The molecule has 0 N–H and O–H groups in total. The minimum Gasteiger partial charge on any atom is -0.246 e. The second-order valence-electron chi connectivity index (χ2n) is 2.38. The van der Waals surface area contributed by atoms with Gasteiger partial charge in [0, 0.05) is 11.9 Å². The number of allylic oxidation sites excluding steroid dienone is 1. The first kappa shape index (κ1) is 7.06. The van der Waals surface area contributed by atoms with E-state index < -0.39 is 0 Å². The topological polar surface area (TPSA) is 17.8 Å². The molecule has 2 nitrogen and oxygen atoms in total. The smallest absolute Gasteiger partial charge is 0.0525 e. The van der Waals surface area contributed by atoms with Gasteiger partial charge in [-0.1, -0.05) is 13.5 Å². The van der Waals surface area contributed by atoms with E-state index in [1.54, 1.807) is 4.68 Å². The summed E-state index contributed by atoms with van der Waals surface area (Å²) in [7, 11) is 0. The van der Waals surface area contributed by atoms with Crippen molar-refractivity contribution in [2.45, 2.75) is 20.3 Å². The maximum absolute atomic E-state index is 4.10. The molecule has 0 aliphatic heterocycles. The molecule has 0 saturated carbocycles. The number of hydrogen-bond donors (Lipinski definition) is 0. The lowest BCUT2D eigenvalue weighted by Gasteiger charge is -1.94. The lowest BCUT2D eigenvalue weighted by atomic mass is 10.3. The Labute approximate surface area is 61.2 Å². The van der Waals surface area contributed by atoms with E-state index in [0.717, 1.165) is 12.1 Å². The summed E-state index contributed by atoms with van der Waals surface area (Å²) in [5.41, 5.74) is 2.21. The van der Waals surface area contributed by atoms with Gasteiger partial charge in [0.25, 0.3) is 0 Å². The molecule has 0 fully saturated rings. The van der Waals surface area contributed by atoms with Crippen molar-refractivity contribution in [2.75, 3.05) is 0 Å². The SMILES string of the molecule is C=C(C)n1cc(CC)cn1. The highest BCUT2D eigenvalue weighted by Crippen LogP contribution is 2.02. The van der Waals surface area contributed by atoms with Gasteiger partial charge in [0.05, 0.1) is 6.20 Å². The molecular weight excluding hydrogens is 124 g/mol. The van der Waals surface area contributed by atoms with Gasteiger partial charge in [-0.25, -0.2) is 4.68 Å². The van der Waals surface area contributed by atoms with Crippen molar-refractivity contribution in [1.29, 1.82) is 0 Å². The molecule has 2 heteroatoms. The van der Waals surface area contributed by atoms with Crippen LogP contribution in [0.3, 0.4) is 0 Å². The Bertz CT molecular complexity index is 235. The van der Waals surface area contributed by atoms with E-state index in [9.17, 15) is 0 Å². The molecule has 0 spiro atoms. The molecule has 0 amide bonds. The summed E-state index contributed by atoms with van der Waals surface area (Å²) in [6.07, 6.45) is 4.91. The Morgan fingerprint density at radius 1 is 1.80 bits per heavy atom. The highest BCUT2D eigenvalue weighted by atomic mass is 15.3. The van der Waals surface area contributed by atoms with Gasteiger partial charge in [0.15, 0.2) is 0 Å². The molecule has 0 aromatic carbocycles. The van der Waals surface area contributed by atoms with Crippen molar-refractivity contribution in [2.24, 2.45) is 0 Å². The Morgan fingerprint density at radius 3 is 2.80 bits per heavy atom. The molecule has 0 atom stereocenters. The molecule has 0 aliphatic carbocycles. The summed E-state index contributed by atoms with van der Waals surface area (Å²) in [5, 5.41) is 4.10. The lowest BCUT2D eigenvalue weighted by molar-refractivity contribution is 0.897. The van der Waals surface area contributed by atoms with Crippen LogP contribution in [0.15, 0.2) is 19.0 Å². The number of aromatic nitrogens is 2. The maximum Gasteiger partial charge on any atom is 0.0525 e. The molecule has 1 rings (SSSR count). The molecular formula is C8H12N2. The second-order valence-corrected chi connectivity index (χ2v) is 2.38. The number of hydrogen-bond acceptors (Lipinski definition) is 1. The molecule has 0 bridgehead atoms. The van der Waals surface area contributed by atoms with E-state index in [-0.39, 0.29) is 0 Å². The van der Waals surface area contributed by atoms with E-state index in [1.807, 2.05) is 19.3 Å². The summed E-state index contributed by atoms with van der Waals surface area (Å²) in [6, 6.07) is 0. The van der Waals surface area contributed by atoms with Crippen molar-refractivity contribution in [3.63, 3.8) is 0 Å². The highest BCUT2D eigenvalue weighted by Gasteiger charge is 1.94. The zero-order chi connectivity index (χ0) is 7.56. The van der Waals surface area contributed by atoms with E-state index in [1.165, 1.54) is 5.56 Å². The number of aryl methyl sites for hydroxylation is 1. The first-order valence-electron chi connectivity index (χ1n) is 3.43. The number of nitrogens with zero attached hydrogens (tertiary/aromatic N) is 2. The second kappa shape index (κ2) is 2.69. The largest absolute Gasteiger partial charge is 0.246 e. The third-order valence-corrected chi connectivity index (χ3v) is 1.44. The van der Waals surface area contributed by atoms with Crippen molar-refractivity contribution in [1.82, 2.24) is 9.78 Å². The molecule has 0 unspecified atom stereocenters. The van der Waals surface area contributed by atoms with Gasteiger partial charge >= 0.3 is 0 Å². The van der Waals surface area contributed by atoms with Crippen LogP contribution >= 0.6 is 0 Å². The van der Waals surface area contributed by atoms with Crippen LogP contribution in [-0.2, 0) is 6.42 Å². The Morgan fingerprint density at radius 2 is 2.50 bits per heavy atom. The van der Waals surface area contributed by atoms with Crippen LogP contribution in [0, 0.1) is 0 Å². The summed E-state index contributed by atoms with van der Waals surface area (Å²) < 4.78 is 1.79. The third kappa shape index (κ3) is 1.26. The van der Waals surface area contributed by atoms with Crippen LogP contribution in [0.2, 0.25) is 0 Å². The summed E-state index contributed by atoms with van der Waals surface area (Å²) in [4.78, 5) is 0. The zero-order valence-corrected chi connectivity index (χ0v) is 6.46. The first-order valence-corrected chi connectivity index (χ1v) is 3.43. The molecule has 10 heavy (non-hydrogen) atoms. The third-order valence-electron chi connectivity index (χ3n) is 1.44. The molecule has 0 saturated heterocycles. The summed E-state index contributed by atoms with van der Waals surface area (Å²) in [5.74, 6) is 0. The Hall–Kier alpha value is -1.05. The maximum atomic E-state index is 4.10. The zero-order valence-electron chi connectivity index (χ0n) is 6.46. The first-order chi connectivity index (χ1) is 4.74. The van der Waals surface area contributed by atoms with Gasteiger partial charge in [0.1, 0.15) is 0 Å². The van der Waals surface area contributed by atoms with Gasteiger partial charge in [0.2, 0.25) is 0 Å². The normalized spacial score (nSPS) is 9.80. The van der Waals surface area contributed by atoms with Crippen LogP contribution in [0.25, 0.3) is 5.70 Å². The van der Waals surface area contributed by atoms with E-state index >= 15 is 0 Å². The van der Waals surface area contributed by atoms with Gasteiger partial charge in [-0.3, -0.25) is 0 Å².